The Morgan fingerprint density at radius 3 is 2.46 bits per heavy atom. The molecule has 0 fully saturated rings. The minimum atomic E-state index is -0.984. The molecule has 0 spiro atoms. The number of rotatable bonds is 5. The number of aliphatic hydroxyl groups is 1. The summed E-state index contributed by atoms with van der Waals surface area (Å²) in [4.78, 5) is 0. The summed E-state index contributed by atoms with van der Waals surface area (Å²) in [6.45, 7) is 3.89. The van der Waals surface area contributed by atoms with Gasteiger partial charge < -0.3 is 14.3 Å². The predicted molar refractivity (Wildman–Crippen MR) is 89.2 cm³/mol. The summed E-state index contributed by atoms with van der Waals surface area (Å²) in [5.74, 6) is -1.25. The van der Waals surface area contributed by atoms with E-state index in [1.54, 1.807) is 31.2 Å². The van der Waals surface area contributed by atoms with Gasteiger partial charge in [-0.3, -0.25) is 0 Å². The van der Waals surface area contributed by atoms with Gasteiger partial charge in [-0.2, -0.15) is 4.39 Å². The summed E-state index contributed by atoms with van der Waals surface area (Å²) in [7, 11) is 0. The molecule has 24 heavy (non-hydrogen) atoms. The lowest BCUT2D eigenvalue weighted by Crippen LogP contribution is -1.99. The molecule has 0 aliphatic carbocycles. The maximum absolute atomic E-state index is 14.7. The van der Waals surface area contributed by atoms with Gasteiger partial charge in [0.05, 0.1) is 12.7 Å². The number of hydrogen-bond acceptors (Lipinski definition) is 3. The van der Waals surface area contributed by atoms with Gasteiger partial charge in [0.15, 0.2) is 22.7 Å². The highest BCUT2D eigenvalue weighted by Gasteiger charge is 2.21. The number of fused-ring (bicyclic) bond motifs is 3. The second-order valence-electron chi connectivity index (χ2n) is 5.46. The fraction of sp³-hybridized carbons (Fsp3) is 0.263. The zero-order valence-electron chi connectivity index (χ0n) is 13.5. The van der Waals surface area contributed by atoms with Crippen molar-refractivity contribution in [1.29, 1.82) is 0 Å². The molecule has 126 valence electrons. The smallest absolute Gasteiger partial charge is 0.208 e. The van der Waals surface area contributed by atoms with E-state index in [1.807, 2.05) is 6.92 Å². The third-order valence-corrected chi connectivity index (χ3v) is 3.94. The van der Waals surface area contributed by atoms with Gasteiger partial charge in [-0.15, -0.1) is 0 Å². The lowest BCUT2D eigenvalue weighted by atomic mass is 10.0. The summed E-state index contributed by atoms with van der Waals surface area (Å²) in [6.07, 6.45) is 2.84. The zero-order chi connectivity index (χ0) is 17.3. The molecule has 0 aliphatic heterocycles. The van der Waals surface area contributed by atoms with E-state index in [0.29, 0.717) is 23.8 Å². The monoisotopic (exact) mass is 332 g/mol. The topological polar surface area (TPSA) is 42.6 Å². The van der Waals surface area contributed by atoms with Crippen molar-refractivity contribution in [3.8, 4) is 5.75 Å². The van der Waals surface area contributed by atoms with E-state index in [4.69, 9.17) is 9.15 Å². The summed E-state index contributed by atoms with van der Waals surface area (Å²) >= 11 is 0. The van der Waals surface area contributed by atoms with Crippen molar-refractivity contribution >= 4 is 21.9 Å². The van der Waals surface area contributed by atoms with E-state index in [9.17, 15) is 13.9 Å². The van der Waals surface area contributed by atoms with E-state index in [0.717, 1.165) is 0 Å². The molecule has 0 saturated heterocycles. The van der Waals surface area contributed by atoms with E-state index >= 15 is 0 Å². The summed E-state index contributed by atoms with van der Waals surface area (Å²) in [6, 6.07) is 6.29. The molecule has 0 amide bonds. The molecule has 3 rings (SSSR count). The number of hydrogen-bond donors (Lipinski definition) is 1. The van der Waals surface area contributed by atoms with Gasteiger partial charge in [0.2, 0.25) is 5.82 Å². The highest BCUT2D eigenvalue weighted by Crippen LogP contribution is 2.37. The van der Waals surface area contributed by atoms with Crippen LogP contribution in [-0.2, 0) is 0 Å². The number of aliphatic hydroxyl groups excluding tert-OH is 1. The summed E-state index contributed by atoms with van der Waals surface area (Å²) in [5.41, 5.74) is 0.0228. The van der Waals surface area contributed by atoms with Crippen molar-refractivity contribution in [2.45, 2.75) is 26.4 Å². The van der Waals surface area contributed by atoms with Crippen molar-refractivity contribution < 1.29 is 23.0 Å². The fourth-order valence-corrected chi connectivity index (χ4v) is 2.75. The van der Waals surface area contributed by atoms with Gasteiger partial charge in [-0.1, -0.05) is 18.2 Å². The summed E-state index contributed by atoms with van der Waals surface area (Å²) < 4.78 is 39.8. The first-order valence-corrected chi connectivity index (χ1v) is 7.83. The van der Waals surface area contributed by atoms with Gasteiger partial charge in [0.25, 0.3) is 0 Å². The average molecular weight is 332 g/mol. The van der Waals surface area contributed by atoms with Crippen LogP contribution in [0.2, 0.25) is 0 Å². The lowest BCUT2D eigenvalue weighted by Gasteiger charge is -2.09. The van der Waals surface area contributed by atoms with E-state index < -0.39 is 17.7 Å². The van der Waals surface area contributed by atoms with Crippen molar-refractivity contribution in [1.82, 2.24) is 0 Å². The van der Waals surface area contributed by atoms with Crippen LogP contribution in [0.15, 0.2) is 40.8 Å². The molecule has 5 heteroatoms. The molecule has 1 aromatic heterocycles. The van der Waals surface area contributed by atoms with Gasteiger partial charge in [0, 0.05) is 16.3 Å². The Balaban J connectivity index is 2.18. The molecule has 0 saturated carbocycles. The standard InChI is InChI=1S/C19H18F2O3/c1-3-5-6-14(22)13-8-7-11-12-9-10-15(23-4-2)17(21)19(12)24-18(11)16(13)20/h3,5,7-10,14,22H,4,6H2,1-2H3/b5-3+/t14-/m1/s1. The number of benzene rings is 2. The molecule has 0 radical (unpaired) electrons. The molecule has 1 heterocycles. The van der Waals surface area contributed by atoms with Crippen LogP contribution < -0.4 is 4.74 Å². The van der Waals surface area contributed by atoms with E-state index in [2.05, 4.69) is 0 Å². The predicted octanol–water partition coefficient (Wildman–Crippen LogP) is 5.26. The fourth-order valence-electron chi connectivity index (χ4n) is 2.75. The molecule has 0 aliphatic rings. The van der Waals surface area contributed by atoms with Crippen LogP contribution in [0, 0.1) is 11.6 Å². The molecule has 1 N–H and O–H groups in total. The maximum Gasteiger partial charge on any atom is 0.208 e. The first-order valence-electron chi connectivity index (χ1n) is 7.83. The third kappa shape index (κ3) is 2.65. The first kappa shape index (κ1) is 16.5. The van der Waals surface area contributed by atoms with Crippen molar-refractivity contribution in [3.63, 3.8) is 0 Å². The van der Waals surface area contributed by atoms with Gasteiger partial charge >= 0.3 is 0 Å². The van der Waals surface area contributed by atoms with Gasteiger partial charge in [-0.05, 0) is 38.5 Å². The largest absolute Gasteiger partial charge is 0.491 e. The number of allylic oxidation sites excluding steroid dienone is 1. The Labute approximate surface area is 138 Å². The van der Waals surface area contributed by atoms with Crippen LogP contribution in [0.3, 0.4) is 0 Å². The van der Waals surface area contributed by atoms with Crippen molar-refractivity contribution in [2.24, 2.45) is 0 Å². The van der Waals surface area contributed by atoms with Crippen molar-refractivity contribution in [2.75, 3.05) is 6.61 Å². The zero-order valence-corrected chi connectivity index (χ0v) is 13.5. The Morgan fingerprint density at radius 2 is 1.79 bits per heavy atom. The molecule has 2 aromatic carbocycles. The average Bonchev–Trinajstić information content (AvgIpc) is 2.96. The van der Waals surface area contributed by atoms with Crippen LogP contribution in [0.4, 0.5) is 8.78 Å². The highest BCUT2D eigenvalue weighted by atomic mass is 19.1. The second kappa shape index (κ2) is 6.61. The molecule has 3 nitrogen and oxygen atoms in total. The third-order valence-electron chi connectivity index (χ3n) is 3.94. The molecule has 0 bridgehead atoms. The minimum absolute atomic E-state index is 0.0463. The van der Waals surface area contributed by atoms with Crippen LogP contribution in [-0.4, -0.2) is 11.7 Å². The molecular weight excluding hydrogens is 314 g/mol. The highest BCUT2D eigenvalue weighted by molar-refractivity contribution is 6.05. The van der Waals surface area contributed by atoms with Gasteiger partial charge in [-0.25, -0.2) is 4.39 Å². The van der Waals surface area contributed by atoms with Crippen LogP contribution in [0.1, 0.15) is 31.9 Å². The molecule has 3 aromatic rings. The Morgan fingerprint density at radius 1 is 1.12 bits per heavy atom. The SMILES string of the molecule is C/C=C/C[C@@H](O)c1ccc2c(oc3c(F)c(OCC)ccc32)c1F. The lowest BCUT2D eigenvalue weighted by molar-refractivity contribution is 0.176. The van der Waals surface area contributed by atoms with Crippen LogP contribution >= 0.6 is 0 Å². The number of ether oxygens (including phenoxy) is 1. The molecule has 1 atom stereocenters. The maximum atomic E-state index is 14.7. The Kier molecular flexibility index (Phi) is 4.53. The van der Waals surface area contributed by atoms with Crippen molar-refractivity contribution in [3.05, 3.63) is 53.6 Å². The van der Waals surface area contributed by atoms with Gasteiger partial charge in [0.1, 0.15) is 0 Å². The first-order chi connectivity index (χ1) is 11.6. The van der Waals surface area contributed by atoms with E-state index in [-0.39, 0.29) is 22.5 Å². The number of halogens is 2. The molecular formula is C19H18F2O3. The molecule has 0 unspecified atom stereocenters. The van der Waals surface area contributed by atoms with Crippen LogP contribution in [0.5, 0.6) is 5.75 Å². The Hall–Kier alpha value is -2.40. The normalized spacial score (nSPS) is 13.2. The summed E-state index contributed by atoms with van der Waals surface area (Å²) in [5, 5.41) is 11.0. The van der Waals surface area contributed by atoms with Crippen LogP contribution in [0.25, 0.3) is 21.9 Å². The second-order valence-corrected chi connectivity index (χ2v) is 5.46. The number of furan rings is 1. The van der Waals surface area contributed by atoms with E-state index in [1.165, 1.54) is 12.1 Å². The minimum Gasteiger partial charge on any atom is -0.491 e. The quantitative estimate of drug-likeness (QED) is 0.648. The Bertz CT molecular complexity index is 912.